The minimum Gasteiger partial charge on any atom is -0.508 e. The lowest BCUT2D eigenvalue weighted by atomic mass is 10.1. The molecule has 100 valence electrons. The topological polar surface area (TPSA) is 66.4 Å². The molecule has 1 saturated heterocycles. The smallest absolute Gasteiger partial charge is 0.150 e. The van der Waals surface area contributed by atoms with Gasteiger partial charge in [0.1, 0.15) is 5.75 Å². The predicted octanol–water partition coefficient (Wildman–Crippen LogP) is 1.48. The van der Waals surface area contributed by atoms with E-state index < -0.39 is 9.84 Å². The van der Waals surface area contributed by atoms with Gasteiger partial charge in [0.15, 0.2) is 9.84 Å². The van der Waals surface area contributed by atoms with Crippen LogP contribution in [-0.4, -0.2) is 31.6 Å². The molecule has 2 atom stereocenters. The van der Waals surface area contributed by atoms with Crippen LogP contribution >= 0.6 is 0 Å². The number of phenolic OH excluding ortho intramolecular Hbond substituents is 1. The average Bonchev–Trinajstić information content (AvgIpc) is 2.66. The summed E-state index contributed by atoms with van der Waals surface area (Å²) in [4.78, 5) is 0. The Bertz CT molecular complexity index is 513. The first-order valence-corrected chi connectivity index (χ1v) is 8.01. The zero-order valence-corrected chi connectivity index (χ0v) is 11.3. The van der Waals surface area contributed by atoms with E-state index in [2.05, 4.69) is 5.32 Å². The monoisotopic (exact) mass is 269 g/mol. The van der Waals surface area contributed by atoms with Crippen LogP contribution in [0.3, 0.4) is 0 Å². The van der Waals surface area contributed by atoms with E-state index in [9.17, 15) is 13.5 Å². The van der Waals surface area contributed by atoms with Crippen LogP contribution in [0.2, 0.25) is 0 Å². The molecule has 2 rings (SSSR count). The van der Waals surface area contributed by atoms with Gasteiger partial charge in [-0.3, -0.25) is 0 Å². The van der Waals surface area contributed by atoms with Gasteiger partial charge in [0.2, 0.25) is 0 Å². The largest absolute Gasteiger partial charge is 0.508 e. The molecule has 1 aliphatic rings. The Labute approximate surface area is 108 Å². The highest BCUT2D eigenvalue weighted by molar-refractivity contribution is 7.91. The molecule has 2 N–H and O–H groups in total. The number of aromatic hydroxyl groups is 1. The predicted molar refractivity (Wildman–Crippen MR) is 71.3 cm³/mol. The molecule has 5 heteroatoms. The second kappa shape index (κ2) is 5.28. The van der Waals surface area contributed by atoms with E-state index in [4.69, 9.17) is 0 Å². The fourth-order valence-electron chi connectivity index (χ4n) is 2.29. The van der Waals surface area contributed by atoms with Gasteiger partial charge in [-0.25, -0.2) is 8.42 Å². The molecule has 2 unspecified atom stereocenters. The molecule has 1 heterocycles. The van der Waals surface area contributed by atoms with E-state index in [1.807, 2.05) is 19.1 Å². The van der Waals surface area contributed by atoms with Gasteiger partial charge in [-0.1, -0.05) is 12.1 Å². The van der Waals surface area contributed by atoms with E-state index in [0.717, 1.165) is 12.0 Å². The van der Waals surface area contributed by atoms with Crippen molar-refractivity contribution in [3.8, 4) is 5.75 Å². The Hall–Kier alpha value is -1.07. The summed E-state index contributed by atoms with van der Waals surface area (Å²) in [5.41, 5.74) is 1.01. The second-order valence-electron chi connectivity index (χ2n) is 4.99. The summed E-state index contributed by atoms with van der Waals surface area (Å²) >= 11 is 0. The Morgan fingerprint density at radius 1 is 1.50 bits per heavy atom. The van der Waals surface area contributed by atoms with Crippen LogP contribution in [0.5, 0.6) is 5.75 Å². The quantitative estimate of drug-likeness (QED) is 0.869. The molecule has 0 aliphatic carbocycles. The van der Waals surface area contributed by atoms with E-state index in [0.29, 0.717) is 18.1 Å². The van der Waals surface area contributed by atoms with Gasteiger partial charge in [-0.15, -0.1) is 0 Å². The molecular weight excluding hydrogens is 250 g/mol. The van der Waals surface area contributed by atoms with Crippen molar-refractivity contribution in [3.05, 3.63) is 29.8 Å². The molecule has 0 aromatic heterocycles. The third-order valence-corrected chi connectivity index (χ3v) is 5.25. The van der Waals surface area contributed by atoms with Crippen LogP contribution in [0.4, 0.5) is 0 Å². The van der Waals surface area contributed by atoms with Crippen molar-refractivity contribution in [1.82, 2.24) is 5.32 Å². The number of hydrogen-bond acceptors (Lipinski definition) is 4. The van der Waals surface area contributed by atoms with Gasteiger partial charge >= 0.3 is 0 Å². The Balaban J connectivity index is 1.87. The second-order valence-corrected chi connectivity index (χ2v) is 7.22. The molecule has 0 amide bonds. The number of rotatable bonds is 4. The van der Waals surface area contributed by atoms with Crippen molar-refractivity contribution < 1.29 is 13.5 Å². The number of hydrogen-bond donors (Lipinski definition) is 2. The van der Waals surface area contributed by atoms with E-state index in [-0.39, 0.29) is 17.7 Å². The van der Waals surface area contributed by atoms with Crippen molar-refractivity contribution in [2.45, 2.75) is 19.4 Å². The van der Waals surface area contributed by atoms with Gasteiger partial charge in [-0.05, 0) is 43.5 Å². The summed E-state index contributed by atoms with van der Waals surface area (Å²) < 4.78 is 22.7. The molecule has 0 saturated carbocycles. The minimum atomic E-state index is -2.79. The highest BCUT2D eigenvalue weighted by Gasteiger charge is 2.27. The molecule has 0 bridgehead atoms. The minimum absolute atomic E-state index is 0.111. The molecule has 1 aromatic carbocycles. The van der Waals surface area contributed by atoms with Crippen molar-refractivity contribution in [2.75, 3.05) is 18.1 Å². The summed E-state index contributed by atoms with van der Waals surface area (Å²) in [6.45, 7) is 2.72. The molecule has 1 aromatic rings. The van der Waals surface area contributed by atoms with Crippen LogP contribution in [0.1, 0.15) is 24.9 Å². The third-order valence-electron chi connectivity index (χ3n) is 3.41. The van der Waals surface area contributed by atoms with Gasteiger partial charge in [0.25, 0.3) is 0 Å². The summed E-state index contributed by atoms with van der Waals surface area (Å²) in [6.07, 6.45) is 0.752. The maximum absolute atomic E-state index is 11.3. The number of sulfone groups is 1. The summed E-state index contributed by atoms with van der Waals surface area (Å²) in [5.74, 6) is 1.09. The number of phenols is 1. The first kappa shape index (κ1) is 13.4. The average molecular weight is 269 g/mol. The normalized spacial score (nSPS) is 23.9. The molecule has 1 fully saturated rings. The first-order chi connectivity index (χ1) is 8.46. The lowest BCUT2D eigenvalue weighted by Crippen LogP contribution is -2.26. The molecule has 18 heavy (non-hydrogen) atoms. The zero-order valence-electron chi connectivity index (χ0n) is 10.5. The lowest BCUT2D eigenvalue weighted by Gasteiger charge is -2.17. The maximum atomic E-state index is 11.3. The van der Waals surface area contributed by atoms with Crippen LogP contribution in [0.25, 0.3) is 0 Å². The Kier molecular flexibility index (Phi) is 3.92. The fourth-order valence-corrected chi connectivity index (χ4v) is 4.15. The van der Waals surface area contributed by atoms with Gasteiger partial charge in [-0.2, -0.15) is 0 Å². The summed E-state index contributed by atoms with van der Waals surface area (Å²) in [7, 11) is -2.79. The standard InChI is InChI=1S/C13H19NO3S/c1-10(12-3-2-4-13(15)7-12)14-8-11-5-6-18(16,17)9-11/h2-4,7,10-11,14-15H,5-6,8-9H2,1H3. The number of nitrogens with one attached hydrogen (secondary N) is 1. The molecule has 4 nitrogen and oxygen atoms in total. The Morgan fingerprint density at radius 3 is 2.89 bits per heavy atom. The summed E-state index contributed by atoms with van der Waals surface area (Å²) in [6, 6.07) is 7.23. The van der Waals surface area contributed by atoms with Crippen LogP contribution < -0.4 is 5.32 Å². The Morgan fingerprint density at radius 2 is 2.28 bits per heavy atom. The van der Waals surface area contributed by atoms with E-state index in [1.54, 1.807) is 12.1 Å². The highest BCUT2D eigenvalue weighted by atomic mass is 32.2. The van der Waals surface area contributed by atoms with Crippen molar-refractivity contribution in [1.29, 1.82) is 0 Å². The first-order valence-electron chi connectivity index (χ1n) is 6.19. The van der Waals surface area contributed by atoms with Gasteiger partial charge in [0, 0.05) is 6.04 Å². The van der Waals surface area contributed by atoms with Crippen molar-refractivity contribution in [3.63, 3.8) is 0 Å². The van der Waals surface area contributed by atoms with Crippen LogP contribution in [0, 0.1) is 5.92 Å². The molecule has 1 aliphatic heterocycles. The third kappa shape index (κ3) is 3.46. The fraction of sp³-hybridized carbons (Fsp3) is 0.538. The summed E-state index contributed by atoms with van der Waals surface area (Å²) in [5, 5.41) is 12.7. The van der Waals surface area contributed by atoms with E-state index in [1.165, 1.54) is 0 Å². The van der Waals surface area contributed by atoms with Gasteiger partial charge < -0.3 is 10.4 Å². The van der Waals surface area contributed by atoms with Crippen LogP contribution in [0.15, 0.2) is 24.3 Å². The molecule has 0 radical (unpaired) electrons. The molecule has 0 spiro atoms. The highest BCUT2D eigenvalue weighted by Crippen LogP contribution is 2.21. The van der Waals surface area contributed by atoms with Crippen molar-refractivity contribution in [2.24, 2.45) is 5.92 Å². The maximum Gasteiger partial charge on any atom is 0.150 e. The number of benzene rings is 1. The lowest BCUT2D eigenvalue weighted by molar-refractivity contribution is 0.463. The van der Waals surface area contributed by atoms with E-state index >= 15 is 0 Å². The van der Waals surface area contributed by atoms with Gasteiger partial charge in [0.05, 0.1) is 11.5 Å². The molecular formula is C13H19NO3S. The van der Waals surface area contributed by atoms with Crippen LogP contribution in [-0.2, 0) is 9.84 Å². The SMILES string of the molecule is CC(NCC1CCS(=O)(=O)C1)c1cccc(O)c1. The van der Waals surface area contributed by atoms with Crippen molar-refractivity contribution >= 4 is 9.84 Å². The zero-order chi connectivity index (χ0) is 13.2.